The predicted octanol–water partition coefficient (Wildman–Crippen LogP) is 3.90. The summed E-state index contributed by atoms with van der Waals surface area (Å²) in [5.74, 6) is 1.37. The van der Waals surface area contributed by atoms with Crippen molar-refractivity contribution in [2.75, 3.05) is 0 Å². The van der Waals surface area contributed by atoms with Crippen molar-refractivity contribution in [1.29, 1.82) is 0 Å². The van der Waals surface area contributed by atoms with Gasteiger partial charge in [-0.25, -0.2) is 4.98 Å². The first-order valence-electron chi connectivity index (χ1n) is 7.44. The molecule has 2 heterocycles. The number of nitrogens with zero attached hydrogens (tertiary/aromatic N) is 2. The molecule has 1 aliphatic heterocycles. The number of rotatable bonds is 4. The van der Waals surface area contributed by atoms with E-state index in [4.69, 9.17) is 4.98 Å². The van der Waals surface area contributed by atoms with E-state index < -0.39 is 0 Å². The Morgan fingerprint density at radius 2 is 1.76 bits per heavy atom. The Labute approximate surface area is 105 Å². The van der Waals surface area contributed by atoms with Crippen molar-refractivity contribution in [3.63, 3.8) is 0 Å². The first-order valence-corrected chi connectivity index (χ1v) is 7.44. The summed E-state index contributed by atoms with van der Waals surface area (Å²) in [5.41, 5.74) is 2.96. The monoisotopic (exact) mass is 234 g/mol. The van der Waals surface area contributed by atoms with Crippen LogP contribution in [0.15, 0.2) is 0 Å². The van der Waals surface area contributed by atoms with Gasteiger partial charge in [-0.15, -0.1) is 0 Å². The molecule has 1 aliphatic rings. The minimum absolute atomic E-state index is 1.16. The van der Waals surface area contributed by atoms with Gasteiger partial charge >= 0.3 is 0 Å². The zero-order chi connectivity index (χ0) is 12.1. The second-order valence-corrected chi connectivity index (χ2v) is 5.24. The van der Waals surface area contributed by atoms with Gasteiger partial charge in [0.25, 0.3) is 0 Å². The van der Waals surface area contributed by atoms with E-state index in [-0.39, 0.29) is 0 Å². The summed E-state index contributed by atoms with van der Waals surface area (Å²) >= 11 is 0. The van der Waals surface area contributed by atoms with Crippen molar-refractivity contribution >= 4 is 0 Å². The molecule has 0 radical (unpaired) electrons. The molecule has 2 rings (SSSR count). The molecule has 1 aromatic heterocycles. The molecule has 2 bridgehead atoms. The number of imidazole rings is 1. The maximum absolute atomic E-state index is 4.93. The fourth-order valence-electron chi connectivity index (χ4n) is 2.92. The third-order valence-electron chi connectivity index (χ3n) is 3.73. The van der Waals surface area contributed by atoms with Crippen molar-refractivity contribution in [1.82, 2.24) is 9.55 Å². The summed E-state index contributed by atoms with van der Waals surface area (Å²) in [7, 11) is 0. The number of hydrogen-bond donors (Lipinski definition) is 0. The number of hydrogen-bond acceptors (Lipinski definition) is 1. The molecule has 0 amide bonds. The molecule has 0 spiro atoms. The largest absolute Gasteiger partial charge is 0.332 e. The van der Waals surface area contributed by atoms with E-state index in [2.05, 4.69) is 18.4 Å². The Morgan fingerprint density at radius 3 is 2.47 bits per heavy atom. The summed E-state index contributed by atoms with van der Waals surface area (Å²) < 4.78 is 2.53. The fourth-order valence-corrected chi connectivity index (χ4v) is 2.92. The van der Waals surface area contributed by atoms with Gasteiger partial charge in [0.15, 0.2) is 0 Å². The highest BCUT2D eigenvalue weighted by Gasteiger charge is 2.16. The van der Waals surface area contributed by atoms with Crippen LogP contribution in [-0.4, -0.2) is 9.55 Å². The highest BCUT2D eigenvalue weighted by Crippen LogP contribution is 2.21. The van der Waals surface area contributed by atoms with E-state index in [1.807, 2.05) is 0 Å². The maximum atomic E-state index is 4.93. The lowest BCUT2D eigenvalue weighted by molar-refractivity contribution is 0.569. The second-order valence-electron chi connectivity index (χ2n) is 5.24. The zero-order valence-corrected chi connectivity index (χ0v) is 11.5. The smallest absolute Gasteiger partial charge is 0.109 e. The van der Waals surface area contributed by atoms with E-state index in [1.165, 1.54) is 69.3 Å². The molecular weight excluding hydrogens is 208 g/mol. The van der Waals surface area contributed by atoms with Crippen molar-refractivity contribution < 1.29 is 0 Å². The van der Waals surface area contributed by atoms with Crippen LogP contribution in [0.25, 0.3) is 0 Å². The number of fused-ring (bicyclic) bond motifs is 2. The minimum atomic E-state index is 1.16. The zero-order valence-electron chi connectivity index (χ0n) is 11.5. The molecular formula is C15H26N2. The molecule has 0 fully saturated rings. The van der Waals surface area contributed by atoms with Crippen LogP contribution in [0.1, 0.15) is 69.6 Å². The lowest BCUT2D eigenvalue weighted by atomic mass is 10.1. The SMILES string of the molecule is CCCc1c2nc(n1CCC)CCCCCC2. The second kappa shape index (κ2) is 6.23. The van der Waals surface area contributed by atoms with Gasteiger partial charge in [0.2, 0.25) is 0 Å². The average Bonchev–Trinajstić information content (AvgIpc) is 2.70. The molecule has 0 aliphatic carbocycles. The Kier molecular flexibility index (Phi) is 4.64. The Hall–Kier alpha value is -0.790. The Morgan fingerprint density at radius 1 is 1.00 bits per heavy atom. The molecule has 17 heavy (non-hydrogen) atoms. The molecule has 0 saturated heterocycles. The van der Waals surface area contributed by atoms with Crippen molar-refractivity contribution in [3.8, 4) is 0 Å². The summed E-state index contributed by atoms with van der Waals surface area (Å²) in [6, 6.07) is 0. The summed E-state index contributed by atoms with van der Waals surface area (Å²) in [6.45, 7) is 5.71. The van der Waals surface area contributed by atoms with Gasteiger partial charge in [-0.3, -0.25) is 0 Å². The van der Waals surface area contributed by atoms with Crippen LogP contribution in [-0.2, 0) is 25.8 Å². The molecule has 2 heteroatoms. The highest BCUT2D eigenvalue weighted by molar-refractivity contribution is 5.19. The first-order chi connectivity index (χ1) is 8.36. The minimum Gasteiger partial charge on any atom is -0.332 e. The summed E-state index contributed by atoms with van der Waals surface area (Å²) in [4.78, 5) is 4.93. The van der Waals surface area contributed by atoms with Crippen molar-refractivity contribution in [2.24, 2.45) is 0 Å². The van der Waals surface area contributed by atoms with Crippen LogP contribution < -0.4 is 0 Å². The molecule has 2 nitrogen and oxygen atoms in total. The molecule has 0 aromatic carbocycles. The molecule has 0 unspecified atom stereocenters. The van der Waals surface area contributed by atoms with Gasteiger partial charge in [0.05, 0.1) is 5.69 Å². The molecule has 96 valence electrons. The standard InChI is InChI=1S/C15H26N2/c1-3-9-14-13-10-7-5-6-8-11-15(16-13)17(14)12-4-2/h3-12H2,1-2H3. The number of aromatic nitrogens is 2. The molecule has 0 atom stereocenters. The quantitative estimate of drug-likeness (QED) is 0.772. The third kappa shape index (κ3) is 2.91. The van der Waals surface area contributed by atoms with Crippen LogP contribution in [0.2, 0.25) is 0 Å². The fraction of sp³-hybridized carbons (Fsp3) is 0.800. The van der Waals surface area contributed by atoms with Crippen LogP contribution in [0.4, 0.5) is 0 Å². The van der Waals surface area contributed by atoms with E-state index >= 15 is 0 Å². The first kappa shape index (κ1) is 12.7. The number of aryl methyl sites for hydroxylation is 2. The van der Waals surface area contributed by atoms with Gasteiger partial charge in [-0.2, -0.15) is 0 Å². The molecule has 0 N–H and O–H groups in total. The van der Waals surface area contributed by atoms with E-state index in [0.29, 0.717) is 0 Å². The van der Waals surface area contributed by atoms with Gasteiger partial charge in [0, 0.05) is 18.7 Å². The van der Waals surface area contributed by atoms with Crippen molar-refractivity contribution in [3.05, 3.63) is 17.2 Å². The van der Waals surface area contributed by atoms with Gasteiger partial charge in [0.1, 0.15) is 5.82 Å². The van der Waals surface area contributed by atoms with Crippen LogP contribution in [0.3, 0.4) is 0 Å². The lowest BCUT2D eigenvalue weighted by Gasteiger charge is -2.12. The van der Waals surface area contributed by atoms with Gasteiger partial charge in [-0.1, -0.05) is 33.1 Å². The van der Waals surface area contributed by atoms with E-state index in [0.717, 1.165) is 6.54 Å². The Balaban J connectivity index is 2.32. The summed E-state index contributed by atoms with van der Waals surface area (Å²) in [5, 5.41) is 0. The lowest BCUT2D eigenvalue weighted by Crippen LogP contribution is -2.08. The third-order valence-corrected chi connectivity index (χ3v) is 3.73. The van der Waals surface area contributed by atoms with E-state index in [1.54, 1.807) is 5.69 Å². The topological polar surface area (TPSA) is 17.8 Å². The van der Waals surface area contributed by atoms with Gasteiger partial charge in [-0.05, 0) is 32.1 Å². The van der Waals surface area contributed by atoms with Crippen molar-refractivity contribution in [2.45, 2.75) is 78.2 Å². The van der Waals surface area contributed by atoms with Crippen LogP contribution in [0, 0.1) is 0 Å². The van der Waals surface area contributed by atoms with Crippen LogP contribution >= 0.6 is 0 Å². The Bertz CT molecular complexity index is 320. The van der Waals surface area contributed by atoms with E-state index in [9.17, 15) is 0 Å². The molecule has 0 saturated carbocycles. The normalized spacial score (nSPS) is 16.4. The molecule has 1 aromatic rings. The predicted molar refractivity (Wildman–Crippen MR) is 72.4 cm³/mol. The van der Waals surface area contributed by atoms with Gasteiger partial charge < -0.3 is 4.57 Å². The average molecular weight is 234 g/mol. The highest BCUT2D eigenvalue weighted by atomic mass is 15.1. The maximum Gasteiger partial charge on any atom is 0.109 e. The summed E-state index contributed by atoms with van der Waals surface area (Å²) in [6.07, 6.45) is 11.5. The van der Waals surface area contributed by atoms with Crippen LogP contribution in [0.5, 0.6) is 0 Å².